The molecule has 0 unspecified atom stereocenters. The van der Waals surface area contributed by atoms with Gasteiger partial charge in [0.25, 0.3) is 0 Å². The van der Waals surface area contributed by atoms with Gasteiger partial charge in [-0.05, 0) is 36.3 Å². The van der Waals surface area contributed by atoms with Crippen LogP contribution in [0.15, 0.2) is 53.5 Å². The Morgan fingerprint density at radius 2 is 2.00 bits per heavy atom. The van der Waals surface area contributed by atoms with E-state index in [0.29, 0.717) is 5.70 Å². The number of nitrogens with two attached hydrogens (primary N) is 1. The van der Waals surface area contributed by atoms with E-state index in [1.807, 2.05) is 31.3 Å². The lowest BCUT2D eigenvalue weighted by Crippen LogP contribution is -2.35. The van der Waals surface area contributed by atoms with Crippen LogP contribution in [0.5, 0.6) is 5.75 Å². The van der Waals surface area contributed by atoms with Gasteiger partial charge in [0.15, 0.2) is 0 Å². The molecule has 0 aliphatic carbocycles. The summed E-state index contributed by atoms with van der Waals surface area (Å²) in [7, 11) is 2.01. The summed E-state index contributed by atoms with van der Waals surface area (Å²) in [5.74, 6) is 7.50. The van der Waals surface area contributed by atoms with Crippen molar-refractivity contribution in [3.05, 3.63) is 53.9 Å². The van der Waals surface area contributed by atoms with Crippen molar-refractivity contribution in [3.63, 3.8) is 0 Å². The van der Waals surface area contributed by atoms with Crippen LogP contribution in [-0.2, 0) is 6.42 Å². The number of rotatable bonds is 0. The van der Waals surface area contributed by atoms with Crippen molar-refractivity contribution in [1.82, 2.24) is 10.0 Å². The van der Waals surface area contributed by atoms with E-state index in [9.17, 15) is 0 Å². The molecule has 1 aromatic rings. The molecule has 0 spiro atoms. The highest BCUT2D eigenvalue weighted by molar-refractivity contribution is 5.93. The zero-order valence-corrected chi connectivity index (χ0v) is 10.8. The standard InChI is InChI=1S/C14H16N4O/c1-17-9-8-11-2-5-13(6-3-11)19-10-12-4-7-14(17)16-18(12)15/h2-7,10H,8-9,15H2,1H3/b12-10+. The lowest BCUT2D eigenvalue weighted by molar-refractivity contribution is 0.354. The minimum atomic E-state index is 0.709. The molecule has 6 rings (SSSR count). The van der Waals surface area contributed by atoms with Gasteiger partial charge in [-0.2, -0.15) is 5.12 Å². The van der Waals surface area contributed by atoms with Gasteiger partial charge in [0.2, 0.25) is 0 Å². The summed E-state index contributed by atoms with van der Waals surface area (Å²) in [6, 6.07) is 8.09. The zero-order chi connectivity index (χ0) is 13.2. The van der Waals surface area contributed by atoms with Crippen molar-refractivity contribution < 1.29 is 4.74 Å². The van der Waals surface area contributed by atoms with Crippen LogP contribution in [-0.4, -0.2) is 29.4 Å². The van der Waals surface area contributed by atoms with Crippen LogP contribution in [0.1, 0.15) is 5.56 Å². The fraction of sp³-hybridized carbons (Fsp3) is 0.214. The molecule has 0 saturated heterocycles. The molecule has 1 aromatic carbocycles. The number of hydrogen-bond donors (Lipinski definition) is 1. The van der Waals surface area contributed by atoms with Crippen molar-refractivity contribution in [2.45, 2.75) is 6.42 Å². The van der Waals surface area contributed by atoms with Crippen molar-refractivity contribution >= 4 is 5.84 Å². The van der Waals surface area contributed by atoms with Gasteiger partial charge in [0, 0.05) is 13.6 Å². The fourth-order valence-corrected chi connectivity index (χ4v) is 2.01. The highest BCUT2D eigenvalue weighted by atomic mass is 16.5. The second kappa shape index (κ2) is 4.78. The molecule has 0 saturated carbocycles. The number of hydrazine groups is 1. The summed E-state index contributed by atoms with van der Waals surface area (Å²) in [4.78, 5) is 2.08. The first-order valence-corrected chi connectivity index (χ1v) is 6.21. The van der Waals surface area contributed by atoms with Crippen molar-refractivity contribution in [1.29, 1.82) is 0 Å². The molecule has 0 radical (unpaired) electrons. The minimum Gasteiger partial charge on any atom is -0.463 e. The molecule has 0 amide bonds. The zero-order valence-electron chi connectivity index (χ0n) is 10.8. The number of amidine groups is 1. The first kappa shape index (κ1) is 11.8. The third-order valence-electron chi connectivity index (χ3n) is 3.24. The van der Waals surface area contributed by atoms with Gasteiger partial charge >= 0.3 is 0 Å². The van der Waals surface area contributed by atoms with E-state index >= 15 is 0 Å². The molecule has 5 aliphatic heterocycles. The molecular weight excluding hydrogens is 240 g/mol. The molecule has 0 fully saturated rings. The summed E-state index contributed by atoms with van der Waals surface area (Å²) in [6.07, 6.45) is 6.39. The Morgan fingerprint density at radius 3 is 2.74 bits per heavy atom. The topological polar surface area (TPSA) is 54.1 Å². The minimum absolute atomic E-state index is 0.709. The molecule has 5 aliphatic rings. The average Bonchev–Trinajstić information content (AvgIpc) is 2.46. The largest absolute Gasteiger partial charge is 0.463 e. The van der Waals surface area contributed by atoms with Gasteiger partial charge in [0.05, 0.1) is 0 Å². The van der Waals surface area contributed by atoms with E-state index in [1.165, 1.54) is 10.7 Å². The number of benzene rings is 1. The fourth-order valence-electron chi connectivity index (χ4n) is 2.01. The van der Waals surface area contributed by atoms with Crippen LogP contribution in [0.25, 0.3) is 0 Å². The Bertz CT molecular complexity index is 559. The van der Waals surface area contributed by atoms with Crippen LogP contribution in [0, 0.1) is 0 Å². The van der Waals surface area contributed by atoms with Crippen LogP contribution in [0.4, 0.5) is 0 Å². The summed E-state index contributed by atoms with van der Waals surface area (Å²) in [5.41, 5.74) is 1.98. The number of likely N-dealkylation sites (N-methyl/N-ethyl adjacent to an activating group) is 1. The summed E-state index contributed by atoms with van der Waals surface area (Å²) >= 11 is 0. The quantitative estimate of drug-likeness (QED) is 0.714. The van der Waals surface area contributed by atoms with E-state index in [4.69, 9.17) is 10.6 Å². The highest BCUT2D eigenvalue weighted by Gasteiger charge is 2.13. The molecule has 0 aromatic heterocycles. The number of hydrazone groups is 1. The summed E-state index contributed by atoms with van der Waals surface area (Å²) < 4.78 is 5.58. The predicted octanol–water partition coefficient (Wildman–Crippen LogP) is 1.45. The molecule has 5 heteroatoms. The van der Waals surface area contributed by atoms with E-state index in [0.717, 1.165) is 24.6 Å². The smallest absolute Gasteiger partial charge is 0.150 e. The van der Waals surface area contributed by atoms with Crippen LogP contribution < -0.4 is 10.6 Å². The molecule has 19 heavy (non-hydrogen) atoms. The van der Waals surface area contributed by atoms with Gasteiger partial charge in [-0.3, -0.25) is 0 Å². The molecule has 0 atom stereocenters. The first-order chi connectivity index (χ1) is 9.22. The van der Waals surface area contributed by atoms with E-state index in [-0.39, 0.29) is 0 Å². The maximum atomic E-state index is 5.87. The number of allylic oxidation sites excluding steroid dienone is 1. The molecule has 4 bridgehead atoms. The predicted molar refractivity (Wildman–Crippen MR) is 74.1 cm³/mol. The molecular formula is C14H16N4O. The molecule has 98 valence electrons. The third-order valence-corrected chi connectivity index (χ3v) is 3.24. The molecule has 5 heterocycles. The van der Waals surface area contributed by atoms with E-state index < -0.39 is 0 Å². The van der Waals surface area contributed by atoms with Gasteiger partial charge in [-0.1, -0.05) is 12.1 Å². The van der Waals surface area contributed by atoms with Gasteiger partial charge in [-0.15, -0.1) is 5.10 Å². The van der Waals surface area contributed by atoms with Crippen molar-refractivity contribution in [2.75, 3.05) is 13.6 Å². The Morgan fingerprint density at radius 1 is 1.21 bits per heavy atom. The van der Waals surface area contributed by atoms with Gasteiger partial charge in [-0.25, -0.2) is 5.84 Å². The number of hydrogen-bond acceptors (Lipinski definition) is 5. The number of nitrogens with zero attached hydrogens (tertiary/aromatic N) is 3. The summed E-state index contributed by atoms with van der Waals surface area (Å²) in [5, 5.41) is 5.65. The normalized spacial score (nSPS) is 20.9. The second-order valence-electron chi connectivity index (χ2n) is 4.61. The van der Waals surface area contributed by atoms with Gasteiger partial charge in [0.1, 0.15) is 23.5 Å². The molecule has 5 nitrogen and oxygen atoms in total. The third kappa shape index (κ3) is 2.46. The maximum absolute atomic E-state index is 5.87. The Hall–Kier alpha value is -2.27. The van der Waals surface area contributed by atoms with E-state index in [2.05, 4.69) is 22.1 Å². The van der Waals surface area contributed by atoms with Crippen LogP contribution in [0.2, 0.25) is 0 Å². The van der Waals surface area contributed by atoms with E-state index in [1.54, 1.807) is 6.26 Å². The Kier molecular flexibility index (Phi) is 2.97. The van der Waals surface area contributed by atoms with Crippen molar-refractivity contribution in [2.24, 2.45) is 10.9 Å². The SMILES string of the molecule is CN1CCc2ccc(cc2)O/C=C2\C=CC1=NN2N. The monoisotopic (exact) mass is 256 g/mol. The lowest BCUT2D eigenvalue weighted by Gasteiger charge is -2.24. The lowest BCUT2D eigenvalue weighted by atomic mass is 10.1. The Labute approximate surface area is 112 Å². The van der Waals surface area contributed by atoms with Crippen LogP contribution >= 0.6 is 0 Å². The first-order valence-electron chi connectivity index (χ1n) is 6.21. The average molecular weight is 256 g/mol. The Balaban J connectivity index is 1.98. The number of ether oxygens (including phenoxy) is 1. The van der Waals surface area contributed by atoms with Crippen LogP contribution in [0.3, 0.4) is 0 Å². The highest BCUT2D eigenvalue weighted by Crippen LogP contribution is 2.17. The second-order valence-corrected chi connectivity index (χ2v) is 4.61. The molecule has 2 N–H and O–H groups in total. The van der Waals surface area contributed by atoms with Crippen molar-refractivity contribution in [3.8, 4) is 5.75 Å². The maximum Gasteiger partial charge on any atom is 0.150 e. The summed E-state index contributed by atoms with van der Waals surface area (Å²) in [6.45, 7) is 0.885. The van der Waals surface area contributed by atoms with Gasteiger partial charge < -0.3 is 9.64 Å².